The third-order valence-corrected chi connectivity index (χ3v) is 5.31. The highest BCUT2D eigenvalue weighted by Crippen LogP contribution is 2.22. The molecular weight excluding hydrogens is 368 g/mol. The van der Waals surface area contributed by atoms with E-state index in [2.05, 4.69) is 80.5 Å². The SMILES string of the molecule is Brc1ccc(Cn2c(Cc3cccs3)nc3ccccc32)cc1. The van der Waals surface area contributed by atoms with E-state index in [4.69, 9.17) is 4.98 Å². The van der Waals surface area contributed by atoms with Gasteiger partial charge in [0.25, 0.3) is 0 Å². The highest BCUT2D eigenvalue weighted by molar-refractivity contribution is 9.10. The zero-order chi connectivity index (χ0) is 15.6. The van der Waals surface area contributed by atoms with E-state index in [0.29, 0.717) is 0 Å². The first-order valence-corrected chi connectivity index (χ1v) is 9.18. The maximum absolute atomic E-state index is 4.86. The Hall–Kier alpha value is -1.91. The highest BCUT2D eigenvalue weighted by Gasteiger charge is 2.12. The lowest BCUT2D eigenvalue weighted by atomic mass is 10.2. The van der Waals surface area contributed by atoms with Crippen LogP contribution in [0.1, 0.15) is 16.3 Å². The van der Waals surface area contributed by atoms with E-state index in [1.807, 2.05) is 6.07 Å². The van der Waals surface area contributed by atoms with Crippen LogP contribution in [0.15, 0.2) is 70.5 Å². The second kappa shape index (κ2) is 6.30. The largest absolute Gasteiger partial charge is 0.323 e. The van der Waals surface area contributed by atoms with Gasteiger partial charge in [0.05, 0.1) is 11.0 Å². The molecule has 0 aliphatic heterocycles. The van der Waals surface area contributed by atoms with Crippen molar-refractivity contribution in [2.24, 2.45) is 0 Å². The van der Waals surface area contributed by atoms with Crippen LogP contribution in [0.3, 0.4) is 0 Å². The van der Waals surface area contributed by atoms with Crippen molar-refractivity contribution >= 4 is 38.3 Å². The van der Waals surface area contributed by atoms with Crippen LogP contribution < -0.4 is 0 Å². The maximum Gasteiger partial charge on any atom is 0.115 e. The predicted octanol–water partition coefficient (Wildman–Crippen LogP) is 5.50. The fraction of sp³-hybridized carbons (Fsp3) is 0.105. The summed E-state index contributed by atoms with van der Waals surface area (Å²) >= 11 is 5.28. The Morgan fingerprint density at radius 2 is 1.78 bits per heavy atom. The maximum atomic E-state index is 4.86. The molecule has 0 spiro atoms. The minimum absolute atomic E-state index is 0.842. The first-order valence-electron chi connectivity index (χ1n) is 7.50. The van der Waals surface area contributed by atoms with E-state index in [0.717, 1.165) is 28.8 Å². The number of para-hydroxylation sites is 2. The van der Waals surface area contributed by atoms with Crippen LogP contribution in [0.2, 0.25) is 0 Å². The van der Waals surface area contributed by atoms with Gasteiger partial charge in [-0.25, -0.2) is 4.98 Å². The lowest BCUT2D eigenvalue weighted by Crippen LogP contribution is -2.05. The fourth-order valence-electron chi connectivity index (χ4n) is 2.78. The molecule has 4 aromatic rings. The first kappa shape index (κ1) is 14.7. The van der Waals surface area contributed by atoms with Gasteiger partial charge < -0.3 is 4.57 Å². The number of hydrogen-bond donors (Lipinski definition) is 0. The average Bonchev–Trinajstić information content (AvgIpc) is 3.19. The van der Waals surface area contributed by atoms with E-state index < -0.39 is 0 Å². The summed E-state index contributed by atoms with van der Waals surface area (Å²) in [6, 6.07) is 21.1. The third-order valence-electron chi connectivity index (χ3n) is 3.90. The normalized spacial score (nSPS) is 11.2. The van der Waals surface area contributed by atoms with Crippen molar-refractivity contribution in [3.8, 4) is 0 Å². The van der Waals surface area contributed by atoms with E-state index >= 15 is 0 Å². The van der Waals surface area contributed by atoms with Crippen LogP contribution in [0.5, 0.6) is 0 Å². The van der Waals surface area contributed by atoms with Crippen molar-refractivity contribution in [2.75, 3.05) is 0 Å². The van der Waals surface area contributed by atoms with Gasteiger partial charge in [-0.3, -0.25) is 0 Å². The van der Waals surface area contributed by atoms with Gasteiger partial charge in [-0.2, -0.15) is 0 Å². The minimum Gasteiger partial charge on any atom is -0.323 e. The number of fused-ring (bicyclic) bond motifs is 1. The van der Waals surface area contributed by atoms with Gasteiger partial charge in [-0.15, -0.1) is 11.3 Å². The molecule has 0 aliphatic carbocycles. The standard InChI is InChI=1S/C19H15BrN2S/c20-15-9-7-14(8-10-15)13-22-18-6-2-1-5-17(18)21-19(22)12-16-4-3-11-23-16/h1-11H,12-13H2. The molecule has 0 unspecified atom stereocenters. The smallest absolute Gasteiger partial charge is 0.115 e. The summed E-state index contributed by atoms with van der Waals surface area (Å²) in [5, 5.41) is 2.12. The molecule has 2 nitrogen and oxygen atoms in total. The Kier molecular flexibility index (Phi) is 4.02. The molecule has 0 N–H and O–H groups in total. The van der Waals surface area contributed by atoms with E-state index in [9.17, 15) is 0 Å². The van der Waals surface area contributed by atoms with Crippen molar-refractivity contribution in [3.05, 3.63) is 86.8 Å². The van der Waals surface area contributed by atoms with Crippen LogP contribution in [-0.2, 0) is 13.0 Å². The second-order valence-electron chi connectivity index (χ2n) is 5.49. The first-order chi connectivity index (χ1) is 11.3. The van der Waals surface area contributed by atoms with Gasteiger partial charge in [-0.05, 0) is 41.3 Å². The summed E-state index contributed by atoms with van der Waals surface area (Å²) in [7, 11) is 0. The third kappa shape index (κ3) is 3.09. The zero-order valence-corrected chi connectivity index (χ0v) is 14.8. The van der Waals surface area contributed by atoms with E-state index in [-0.39, 0.29) is 0 Å². The monoisotopic (exact) mass is 382 g/mol. The van der Waals surface area contributed by atoms with Gasteiger partial charge in [0.1, 0.15) is 5.82 Å². The highest BCUT2D eigenvalue weighted by atomic mass is 79.9. The molecule has 0 atom stereocenters. The van der Waals surface area contributed by atoms with Crippen molar-refractivity contribution < 1.29 is 0 Å². The summed E-state index contributed by atoms with van der Waals surface area (Å²) in [6.45, 7) is 0.842. The molecule has 0 bridgehead atoms. The van der Waals surface area contributed by atoms with Crippen molar-refractivity contribution in [1.82, 2.24) is 9.55 Å². The quantitative estimate of drug-likeness (QED) is 0.455. The molecule has 0 amide bonds. The molecule has 0 saturated heterocycles. The molecule has 0 aliphatic rings. The average molecular weight is 383 g/mol. The Balaban J connectivity index is 1.77. The second-order valence-corrected chi connectivity index (χ2v) is 7.43. The molecular formula is C19H15BrN2S. The molecule has 0 saturated carbocycles. The van der Waals surface area contributed by atoms with Gasteiger partial charge in [0, 0.05) is 22.3 Å². The van der Waals surface area contributed by atoms with Crippen molar-refractivity contribution in [3.63, 3.8) is 0 Å². The lowest BCUT2D eigenvalue weighted by Gasteiger charge is -2.09. The van der Waals surface area contributed by atoms with Gasteiger partial charge in [0.15, 0.2) is 0 Å². The number of aromatic nitrogens is 2. The van der Waals surface area contributed by atoms with E-state index in [1.54, 1.807) is 11.3 Å². The number of imidazole rings is 1. The summed E-state index contributed by atoms with van der Waals surface area (Å²) in [6.07, 6.45) is 0.878. The van der Waals surface area contributed by atoms with Gasteiger partial charge >= 0.3 is 0 Å². The summed E-state index contributed by atoms with van der Waals surface area (Å²) in [5.41, 5.74) is 3.54. The lowest BCUT2D eigenvalue weighted by molar-refractivity contribution is 0.765. The molecule has 2 aromatic carbocycles. The minimum atomic E-state index is 0.842. The van der Waals surface area contributed by atoms with Crippen LogP contribution >= 0.6 is 27.3 Å². The summed E-state index contributed by atoms with van der Waals surface area (Å²) < 4.78 is 3.44. The van der Waals surface area contributed by atoms with E-state index in [1.165, 1.54) is 16.0 Å². The molecule has 114 valence electrons. The Labute approximate surface area is 147 Å². The van der Waals surface area contributed by atoms with Gasteiger partial charge in [0.2, 0.25) is 0 Å². The van der Waals surface area contributed by atoms with Crippen LogP contribution in [-0.4, -0.2) is 9.55 Å². The van der Waals surface area contributed by atoms with Crippen molar-refractivity contribution in [1.29, 1.82) is 0 Å². The van der Waals surface area contributed by atoms with Gasteiger partial charge in [-0.1, -0.05) is 46.3 Å². The van der Waals surface area contributed by atoms with Crippen LogP contribution in [0.25, 0.3) is 11.0 Å². The number of halogens is 1. The Morgan fingerprint density at radius 3 is 2.57 bits per heavy atom. The molecule has 0 radical (unpaired) electrons. The van der Waals surface area contributed by atoms with Crippen LogP contribution in [0, 0.1) is 0 Å². The number of hydrogen-bond acceptors (Lipinski definition) is 2. The fourth-order valence-corrected chi connectivity index (χ4v) is 3.74. The number of thiophene rings is 1. The zero-order valence-electron chi connectivity index (χ0n) is 12.4. The molecule has 2 aromatic heterocycles. The molecule has 2 heterocycles. The molecule has 4 rings (SSSR count). The predicted molar refractivity (Wildman–Crippen MR) is 100 cm³/mol. The Morgan fingerprint density at radius 1 is 0.957 bits per heavy atom. The summed E-state index contributed by atoms with van der Waals surface area (Å²) in [4.78, 5) is 6.21. The number of rotatable bonds is 4. The number of nitrogens with zero attached hydrogens (tertiary/aromatic N) is 2. The molecule has 23 heavy (non-hydrogen) atoms. The topological polar surface area (TPSA) is 17.8 Å². The Bertz CT molecular complexity index is 924. The summed E-state index contributed by atoms with van der Waals surface area (Å²) in [5.74, 6) is 1.12. The molecule has 4 heteroatoms. The van der Waals surface area contributed by atoms with Crippen molar-refractivity contribution in [2.45, 2.75) is 13.0 Å². The van der Waals surface area contributed by atoms with Crippen LogP contribution in [0.4, 0.5) is 0 Å². The number of benzene rings is 2. The molecule has 0 fully saturated rings.